The van der Waals surface area contributed by atoms with E-state index in [0.717, 1.165) is 9.36 Å². The normalized spacial score (nSPS) is 12.5. The zero-order valence-corrected chi connectivity index (χ0v) is 14.8. The first-order valence-electron chi connectivity index (χ1n) is 7.52. The molecule has 0 aliphatic rings. The molecule has 27 heavy (non-hydrogen) atoms. The number of rotatable bonds is 5. The van der Waals surface area contributed by atoms with Gasteiger partial charge in [0.15, 0.2) is 11.4 Å². The summed E-state index contributed by atoms with van der Waals surface area (Å²) >= 11 is 5.62. The Bertz CT molecular complexity index is 838. The SMILES string of the molecule is Cc1c(Cl)c(C(F)(F)F)nn1CCCNC(=O)c1cc(C(F)(F)F)nn1C. The second-order valence-electron chi connectivity index (χ2n) is 5.61. The smallest absolute Gasteiger partial charge is 0.351 e. The van der Waals surface area contributed by atoms with Gasteiger partial charge >= 0.3 is 12.4 Å². The predicted octanol–water partition coefficient (Wildman–Crippen LogP) is 3.44. The van der Waals surface area contributed by atoms with Gasteiger partial charge in [-0.15, -0.1) is 0 Å². The van der Waals surface area contributed by atoms with Crippen LogP contribution in [-0.2, 0) is 25.9 Å². The molecule has 0 aliphatic carbocycles. The molecule has 0 aromatic carbocycles. The number of hydrogen-bond acceptors (Lipinski definition) is 3. The van der Waals surface area contributed by atoms with Crippen molar-refractivity contribution in [3.05, 3.63) is 33.9 Å². The van der Waals surface area contributed by atoms with Crippen LogP contribution in [0.1, 0.15) is 34.0 Å². The maximum Gasteiger partial charge on any atom is 0.436 e. The maximum atomic E-state index is 12.7. The third kappa shape index (κ3) is 4.73. The van der Waals surface area contributed by atoms with E-state index in [4.69, 9.17) is 11.6 Å². The first-order valence-corrected chi connectivity index (χ1v) is 7.89. The molecule has 2 aromatic rings. The summed E-state index contributed by atoms with van der Waals surface area (Å²) in [5, 5.41) is 8.51. The Morgan fingerprint density at radius 1 is 1.19 bits per heavy atom. The maximum absolute atomic E-state index is 12.7. The van der Waals surface area contributed by atoms with Gasteiger partial charge in [0, 0.05) is 26.2 Å². The van der Waals surface area contributed by atoms with Gasteiger partial charge in [0.25, 0.3) is 5.91 Å². The molecule has 0 saturated carbocycles. The highest BCUT2D eigenvalue weighted by molar-refractivity contribution is 6.31. The molecule has 13 heteroatoms. The quantitative estimate of drug-likeness (QED) is 0.599. The Morgan fingerprint density at radius 3 is 2.30 bits per heavy atom. The number of halogens is 7. The van der Waals surface area contributed by atoms with E-state index in [1.54, 1.807) is 0 Å². The van der Waals surface area contributed by atoms with E-state index in [0.29, 0.717) is 6.07 Å². The summed E-state index contributed by atoms with van der Waals surface area (Å²) in [5.74, 6) is -0.785. The zero-order chi connectivity index (χ0) is 20.6. The lowest BCUT2D eigenvalue weighted by molar-refractivity contribution is -0.142. The van der Waals surface area contributed by atoms with Crippen LogP contribution in [0.15, 0.2) is 6.07 Å². The van der Waals surface area contributed by atoms with Crippen molar-refractivity contribution in [2.24, 2.45) is 7.05 Å². The van der Waals surface area contributed by atoms with Gasteiger partial charge < -0.3 is 5.32 Å². The van der Waals surface area contributed by atoms with Gasteiger partial charge in [-0.1, -0.05) is 11.6 Å². The molecule has 2 aromatic heterocycles. The summed E-state index contributed by atoms with van der Waals surface area (Å²) in [6.45, 7) is 1.40. The highest BCUT2D eigenvalue weighted by Gasteiger charge is 2.38. The minimum Gasteiger partial charge on any atom is -0.351 e. The van der Waals surface area contributed by atoms with Crippen molar-refractivity contribution in [1.29, 1.82) is 0 Å². The lowest BCUT2D eigenvalue weighted by Gasteiger charge is -2.07. The van der Waals surface area contributed by atoms with Crippen LogP contribution in [0.4, 0.5) is 26.3 Å². The van der Waals surface area contributed by atoms with Crippen molar-refractivity contribution >= 4 is 17.5 Å². The summed E-state index contributed by atoms with van der Waals surface area (Å²) in [5.41, 5.74) is -2.56. The van der Waals surface area contributed by atoms with E-state index < -0.39 is 34.7 Å². The second-order valence-corrected chi connectivity index (χ2v) is 5.99. The number of aryl methyl sites for hydroxylation is 2. The Hall–Kier alpha value is -2.24. The van der Waals surface area contributed by atoms with Crippen molar-refractivity contribution in [2.75, 3.05) is 6.54 Å². The largest absolute Gasteiger partial charge is 0.436 e. The van der Waals surface area contributed by atoms with Crippen LogP contribution in [0.3, 0.4) is 0 Å². The first kappa shape index (κ1) is 21.1. The summed E-state index contributed by atoms with van der Waals surface area (Å²) in [7, 11) is 1.19. The predicted molar refractivity (Wildman–Crippen MR) is 82.1 cm³/mol. The number of aromatic nitrogens is 4. The molecule has 0 aliphatic heterocycles. The molecule has 6 nitrogen and oxygen atoms in total. The van der Waals surface area contributed by atoms with Gasteiger partial charge in [-0.2, -0.15) is 36.5 Å². The first-order chi connectivity index (χ1) is 12.3. The summed E-state index contributed by atoms with van der Waals surface area (Å²) in [6.07, 6.45) is -9.17. The molecular weight excluding hydrogens is 404 g/mol. The van der Waals surface area contributed by atoms with Crippen LogP contribution in [-0.4, -0.2) is 32.0 Å². The minimum atomic E-state index is -4.68. The fourth-order valence-corrected chi connectivity index (χ4v) is 2.51. The van der Waals surface area contributed by atoms with Crippen LogP contribution in [0.2, 0.25) is 5.02 Å². The van der Waals surface area contributed by atoms with E-state index >= 15 is 0 Å². The number of hydrogen-bond donors (Lipinski definition) is 1. The van der Waals surface area contributed by atoms with Crippen LogP contribution in [0, 0.1) is 6.92 Å². The summed E-state index contributed by atoms with van der Waals surface area (Å²) in [6, 6.07) is 0.613. The Morgan fingerprint density at radius 2 is 1.81 bits per heavy atom. The molecule has 0 spiro atoms. The Labute approximate surface area is 154 Å². The highest BCUT2D eigenvalue weighted by atomic mass is 35.5. The van der Waals surface area contributed by atoms with Crippen LogP contribution in [0.5, 0.6) is 0 Å². The lowest BCUT2D eigenvalue weighted by Crippen LogP contribution is -2.27. The number of alkyl halides is 6. The number of nitrogens with zero attached hydrogens (tertiary/aromatic N) is 4. The van der Waals surface area contributed by atoms with Crippen molar-refractivity contribution in [2.45, 2.75) is 32.2 Å². The number of nitrogens with one attached hydrogen (secondary N) is 1. The van der Waals surface area contributed by atoms with Crippen molar-refractivity contribution in [3.63, 3.8) is 0 Å². The third-order valence-corrected chi connectivity index (χ3v) is 4.09. The molecule has 1 N–H and O–H groups in total. The number of carbonyl (C=O) groups is 1. The average Bonchev–Trinajstić information content (AvgIpc) is 3.05. The topological polar surface area (TPSA) is 64.7 Å². The molecule has 2 heterocycles. The van der Waals surface area contributed by atoms with Crippen molar-refractivity contribution < 1.29 is 31.1 Å². The van der Waals surface area contributed by atoms with Crippen LogP contribution < -0.4 is 5.32 Å². The van der Waals surface area contributed by atoms with Gasteiger partial charge in [0.05, 0.1) is 10.7 Å². The van der Waals surface area contributed by atoms with Crippen molar-refractivity contribution in [3.8, 4) is 0 Å². The third-order valence-electron chi connectivity index (χ3n) is 3.64. The number of amides is 1. The minimum absolute atomic E-state index is 0.00361. The summed E-state index contributed by atoms with van der Waals surface area (Å²) in [4.78, 5) is 11.9. The fraction of sp³-hybridized carbons (Fsp3) is 0.500. The second kappa shape index (κ2) is 7.41. The van der Waals surface area contributed by atoms with E-state index in [9.17, 15) is 31.1 Å². The van der Waals surface area contributed by atoms with E-state index in [2.05, 4.69) is 15.5 Å². The molecule has 1 amide bonds. The molecule has 0 radical (unpaired) electrons. The zero-order valence-electron chi connectivity index (χ0n) is 14.0. The van der Waals surface area contributed by atoms with Crippen molar-refractivity contribution in [1.82, 2.24) is 24.9 Å². The molecule has 0 saturated heterocycles. The molecule has 0 atom stereocenters. The van der Waals surface area contributed by atoms with Gasteiger partial charge in [0.2, 0.25) is 0 Å². The monoisotopic (exact) mass is 417 g/mol. The molecule has 0 bridgehead atoms. The molecule has 150 valence electrons. The van der Waals surface area contributed by atoms with E-state index in [1.807, 2.05) is 0 Å². The van der Waals surface area contributed by atoms with Gasteiger partial charge in [-0.05, 0) is 13.3 Å². The Balaban J connectivity index is 1.94. The molecule has 2 rings (SSSR count). The molecule has 0 unspecified atom stereocenters. The van der Waals surface area contributed by atoms with E-state index in [1.165, 1.54) is 14.0 Å². The Kier molecular flexibility index (Phi) is 5.78. The molecule has 0 fully saturated rings. The highest BCUT2D eigenvalue weighted by Crippen LogP contribution is 2.35. The standard InChI is InChI=1S/C14H14ClF6N5O/c1-7-10(15)11(14(19,20)21)24-26(7)5-3-4-22-12(27)8-6-9(13(16,17)18)23-25(8)2/h6H,3-5H2,1-2H3,(H,22,27). The number of carbonyl (C=O) groups excluding carboxylic acids is 1. The fourth-order valence-electron chi connectivity index (χ4n) is 2.26. The van der Waals surface area contributed by atoms with Crippen LogP contribution in [0.25, 0.3) is 0 Å². The lowest BCUT2D eigenvalue weighted by atomic mass is 10.3. The average molecular weight is 418 g/mol. The molecular formula is C14H14ClF6N5O. The summed E-state index contributed by atoms with van der Waals surface area (Å²) < 4.78 is 77.8. The van der Waals surface area contributed by atoms with Gasteiger partial charge in [-0.25, -0.2) is 0 Å². The van der Waals surface area contributed by atoms with E-state index in [-0.39, 0.29) is 30.9 Å². The van der Waals surface area contributed by atoms with Gasteiger partial charge in [0.1, 0.15) is 5.69 Å². The van der Waals surface area contributed by atoms with Crippen LogP contribution >= 0.6 is 11.6 Å². The van der Waals surface area contributed by atoms with Gasteiger partial charge in [-0.3, -0.25) is 14.2 Å².